The summed E-state index contributed by atoms with van der Waals surface area (Å²) in [7, 11) is 0. The molecule has 0 unspecified atom stereocenters. The van der Waals surface area contributed by atoms with Gasteiger partial charge >= 0.3 is 0 Å². The molecule has 0 N–H and O–H groups in total. The van der Waals surface area contributed by atoms with Gasteiger partial charge in [0.05, 0.1) is 0 Å². The minimum absolute atomic E-state index is 1.24. The van der Waals surface area contributed by atoms with Gasteiger partial charge in [0.25, 0.3) is 0 Å². The molecule has 0 saturated heterocycles. The lowest BCUT2D eigenvalue weighted by Gasteiger charge is -2.19. The molecule has 14 aromatic carbocycles. The van der Waals surface area contributed by atoms with Crippen molar-refractivity contribution in [2.45, 2.75) is 0 Å². The van der Waals surface area contributed by atoms with Gasteiger partial charge in [-0.3, -0.25) is 0 Å². The Labute approximate surface area is 345 Å². The summed E-state index contributed by atoms with van der Waals surface area (Å²) >= 11 is 0. The van der Waals surface area contributed by atoms with Gasteiger partial charge in [0.15, 0.2) is 0 Å². The minimum atomic E-state index is 1.24. The van der Waals surface area contributed by atoms with Crippen molar-refractivity contribution in [2.75, 3.05) is 0 Å². The van der Waals surface area contributed by atoms with Gasteiger partial charge in [0.2, 0.25) is 0 Å². The third-order valence-electron chi connectivity index (χ3n) is 13.6. The predicted molar refractivity (Wildman–Crippen MR) is 260 cm³/mol. The van der Waals surface area contributed by atoms with Crippen molar-refractivity contribution < 1.29 is 0 Å². The van der Waals surface area contributed by atoms with E-state index in [1.165, 1.54) is 141 Å². The van der Waals surface area contributed by atoms with E-state index >= 15 is 0 Å². The van der Waals surface area contributed by atoms with Crippen LogP contribution in [-0.4, -0.2) is 0 Å². The second-order valence-electron chi connectivity index (χ2n) is 16.7. The maximum absolute atomic E-state index is 2.53. The quantitative estimate of drug-likeness (QED) is 0.158. The fourth-order valence-electron chi connectivity index (χ4n) is 11.2. The van der Waals surface area contributed by atoms with Crippen LogP contribution in [0.5, 0.6) is 0 Å². The first kappa shape index (κ1) is 32.2. The SMILES string of the molecule is c1ccc(-c2c3cc4c5ccccc5c5cccc(c3c(-c3ccccc3)c3c6cc7ccc8cc(-c9ccc%10ccccc%10c9)ccc8c7c7cccc(c23)c67)c54)cc1. The zero-order valence-corrected chi connectivity index (χ0v) is 32.6. The van der Waals surface area contributed by atoms with Gasteiger partial charge in [0.1, 0.15) is 0 Å². The van der Waals surface area contributed by atoms with Gasteiger partial charge in [-0.2, -0.15) is 0 Å². The topological polar surface area (TPSA) is 0 Å². The molecule has 60 heavy (non-hydrogen) atoms. The highest BCUT2D eigenvalue weighted by atomic mass is 14.3. The molecule has 0 saturated carbocycles. The summed E-state index contributed by atoms with van der Waals surface area (Å²) in [5.41, 5.74) is 7.60. The fourth-order valence-corrected chi connectivity index (χ4v) is 11.2. The largest absolute Gasteiger partial charge is 0.0622 e. The van der Waals surface area contributed by atoms with Crippen LogP contribution in [0.2, 0.25) is 0 Å². The van der Waals surface area contributed by atoms with E-state index in [-0.39, 0.29) is 0 Å². The van der Waals surface area contributed by atoms with Crippen LogP contribution in [0.1, 0.15) is 0 Å². The number of hydrogen-bond donors (Lipinski definition) is 0. The van der Waals surface area contributed by atoms with Crippen molar-refractivity contribution in [2.24, 2.45) is 0 Å². The number of fused-ring (bicyclic) bond motifs is 13. The summed E-state index contributed by atoms with van der Waals surface area (Å²) in [4.78, 5) is 0. The molecule has 14 rings (SSSR count). The Hall–Kier alpha value is -7.80. The molecule has 0 aliphatic heterocycles. The normalized spacial score (nSPS) is 12.3. The lowest BCUT2D eigenvalue weighted by molar-refractivity contribution is 1.68. The Balaban J connectivity index is 1.17. The van der Waals surface area contributed by atoms with Crippen LogP contribution >= 0.6 is 0 Å². The summed E-state index contributed by atoms with van der Waals surface area (Å²) in [5.74, 6) is 0. The Morgan fingerprint density at radius 3 is 1.45 bits per heavy atom. The van der Waals surface area contributed by atoms with E-state index in [0.29, 0.717) is 0 Å². The number of hydrogen-bond acceptors (Lipinski definition) is 0. The van der Waals surface area contributed by atoms with Crippen LogP contribution in [0.25, 0.3) is 141 Å². The molecule has 0 fully saturated rings. The van der Waals surface area contributed by atoms with Gasteiger partial charge in [-0.05, 0) is 165 Å². The molecule has 0 heteroatoms. The van der Waals surface area contributed by atoms with Gasteiger partial charge in [0, 0.05) is 0 Å². The lowest BCUT2D eigenvalue weighted by Crippen LogP contribution is -1.91. The van der Waals surface area contributed by atoms with Crippen molar-refractivity contribution in [1.82, 2.24) is 0 Å². The first-order valence-electron chi connectivity index (χ1n) is 21.0. The molecule has 274 valence electrons. The van der Waals surface area contributed by atoms with Gasteiger partial charge in [-0.15, -0.1) is 0 Å². The second-order valence-corrected chi connectivity index (χ2v) is 16.7. The lowest BCUT2D eigenvalue weighted by atomic mass is 9.84. The van der Waals surface area contributed by atoms with E-state index in [2.05, 4.69) is 206 Å². The van der Waals surface area contributed by atoms with Crippen LogP contribution in [0.15, 0.2) is 206 Å². The first-order chi connectivity index (χ1) is 29.8. The van der Waals surface area contributed by atoms with Crippen LogP contribution < -0.4 is 0 Å². The number of benzene rings is 12. The molecule has 0 heterocycles. The maximum atomic E-state index is 2.53. The van der Waals surface area contributed by atoms with E-state index in [1.54, 1.807) is 0 Å². The summed E-state index contributed by atoms with van der Waals surface area (Å²) in [5, 5.41) is 26.2. The first-order valence-corrected chi connectivity index (χ1v) is 21.0. The van der Waals surface area contributed by atoms with Gasteiger partial charge < -0.3 is 0 Å². The molecule has 14 aromatic rings. The molecule has 0 aromatic heterocycles. The van der Waals surface area contributed by atoms with E-state index in [4.69, 9.17) is 0 Å². The summed E-state index contributed by atoms with van der Waals surface area (Å²) < 4.78 is 0. The van der Waals surface area contributed by atoms with Crippen molar-refractivity contribution >= 4 is 108 Å². The van der Waals surface area contributed by atoms with Crippen LogP contribution in [-0.2, 0) is 0 Å². The molecular weight excluding hydrogens is 721 g/mol. The van der Waals surface area contributed by atoms with E-state index in [0.717, 1.165) is 0 Å². The van der Waals surface area contributed by atoms with Crippen molar-refractivity contribution in [1.29, 1.82) is 0 Å². The molecule has 0 nitrogen and oxygen atoms in total. The van der Waals surface area contributed by atoms with E-state index < -0.39 is 0 Å². The molecule has 0 spiro atoms. The van der Waals surface area contributed by atoms with E-state index in [9.17, 15) is 0 Å². The second kappa shape index (κ2) is 11.9. The van der Waals surface area contributed by atoms with Crippen molar-refractivity contribution in [3.8, 4) is 33.4 Å². The van der Waals surface area contributed by atoms with Crippen LogP contribution in [0, 0.1) is 0 Å². The minimum Gasteiger partial charge on any atom is -0.0622 e. The van der Waals surface area contributed by atoms with Gasteiger partial charge in [-0.1, -0.05) is 182 Å². The van der Waals surface area contributed by atoms with Crippen molar-refractivity contribution in [3.63, 3.8) is 0 Å². The summed E-state index contributed by atoms with van der Waals surface area (Å²) in [6.45, 7) is 0. The Bertz CT molecular complexity index is 4080. The molecule has 0 radical (unpaired) electrons. The highest BCUT2D eigenvalue weighted by molar-refractivity contribution is 6.46. The molecular formula is C60H34. The predicted octanol–water partition coefficient (Wildman–Crippen LogP) is 17.1. The molecule has 0 atom stereocenters. The Morgan fingerprint density at radius 2 is 0.683 bits per heavy atom. The van der Waals surface area contributed by atoms with Crippen LogP contribution in [0.4, 0.5) is 0 Å². The third kappa shape index (κ3) is 4.24. The highest BCUT2D eigenvalue weighted by Crippen LogP contribution is 2.55. The smallest absolute Gasteiger partial charge is 0.000697 e. The van der Waals surface area contributed by atoms with Gasteiger partial charge in [-0.25, -0.2) is 0 Å². The number of rotatable bonds is 3. The third-order valence-corrected chi connectivity index (χ3v) is 13.6. The fraction of sp³-hybridized carbons (Fsp3) is 0. The summed E-state index contributed by atoms with van der Waals surface area (Å²) in [6, 6.07) is 77.5. The average molecular weight is 755 g/mol. The molecule has 0 bridgehead atoms. The van der Waals surface area contributed by atoms with Crippen LogP contribution in [0.3, 0.4) is 0 Å². The van der Waals surface area contributed by atoms with Crippen molar-refractivity contribution in [3.05, 3.63) is 206 Å². The van der Waals surface area contributed by atoms with E-state index in [1.807, 2.05) is 0 Å². The molecule has 0 amide bonds. The standard InChI is InChI=1S/C60H34/c1-3-14-36(15-4-1)54-52-34-50-45-20-10-9-19-44(45)46-21-11-23-48(56(46)50)58(52)55(37-16-5-2-6-17-37)60-51-33-42-28-27-41-32-40(39-26-25-35-13-7-8-18-38(35)31-39)29-30-43(41)53(42)47-22-12-24-49(57(47)51)59(54)60/h1-34H. The maximum Gasteiger partial charge on any atom is -0.000697 e. The average Bonchev–Trinajstić information content (AvgIpc) is 3.82. The highest BCUT2D eigenvalue weighted by Gasteiger charge is 2.27. The Kier molecular flexibility index (Phi) is 6.38. The summed E-state index contributed by atoms with van der Waals surface area (Å²) in [6.07, 6.45) is 0. The molecule has 0 aliphatic carbocycles. The molecule has 0 aliphatic rings. The Morgan fingerprint density at radius 1 is 0.167 bits per heavy atom. The monoisotopic (exact) mass is 754 g/mol. The zero-order chi connectivity index (χ0) is 39.1. The zero-order valence-electron chi connectivity index (χ0n) is 32.6.